The van der Waals surface area contributed by atoms with Gasteiger partial charge in [0.2, 0.25) is 5.89 Å². The number of amides is 1. The Labute approximate surface area is 184 Å². The molecule has 0 saturated carbocycles. The van der Waals surface area contributed by atoms with Crippen molar-refractivity contribution < 1.29 is 9.21 Å². The van der Waals surface area contributed by atoms with Gasteiger partial charge in [-0.2, -0.15) is 0 Å². The van der Waals surface area contributed by atoms with Crippen molar-refractivity contribution in [2.75, 3.05) is 5.32 Å². The summed E-state index contributed by atoms with van der Waals surface area (Å²) in [5.41, 5.74) is 5.36. The second-order valence-electron chi connectivity index (χ2n) is 7.07. The molecule has 5 rings (SSSR count). The molecule has 0 bridgehead atoms. The van der Waals surface area contributed by atoms with Crippen LogP contribution in [0.15, 0.2) is 101 Å². The van der Waals surface area contributed by atoms with Crippen molar-refractivity contribution in [3.8, 4) is 22.6 Å². The highest BCUT2D eigenvalue weighted by Gasteiger charge is 2.15. The van der Waals surface area contributed by atoms with Gasteiger partial charge < -0.3 is 9.73 Å². The van der Waals surface area contributed by atoms with Gasteiger partial charge in [-0.3, -0.25) is 4.79 Å². The first-order chi connectivity index (χ1) is 15.2. The predicted octanol–water partition coefficient (Wildman–Crippen LogP) is 7.07. The second kappa shape index (κ2) is 8.09. The zero-order chi connectivity index (χ0) is 21.2. The third-order valence-corrected chi connectivity index (χ3v) is 5.24. The number of carbonyl (C=O) groups excluding carboxylic acids is 1. The molecule has 31 heavy (non-hydrogen) atoms. The zero-order valence-corrected chi connectivity index (χ0v) is 17.1. The van der Waals surface area contributed by atoms with Crippen LogP contribution < -0.4 is 5.32 Å². The van der Waals surface area contributed by atoms with Crippen molar-refractivity contribution in [1.82, 2.24) is 4.98 Å². The normalized spacial score (nSPS) is 10.9. The van der Waals surface area contributed by atoms with Gasteiger partial charge in [0.25, 0.3) is 5.91 Å². The number of carbonyl (C=O) groups is 1. The molecule has 0 saturated heterocycles. The Morgan fingerprint density at radius 2 is 1.52 bits per heavy atom. The van der Waals surface area contributed by atoms with Crippen molar-refractivity contribution in [2.24, 2.45) is 0 Å². The lowest BCUT2D eigenvalue weighted by molar-refractivity contribution is 0.102. The molecule has 0 atom stereocenters. The van der Waals surface area contributed by atoms with E-state index in [0.717, 1.165) is 11.1 Å². The first-order valence-corrected chi connectivity index (χ1v) is 10.2. The number of benzene rings is 4. The molecule has 5 heteroatoms. The first-order valence-electron chi connectivity index (χ1n) is 9.80. The van der Waals surface area contributed by atoms with E-state index in [9.17, 15) is 4.79 Å². The number of halogens is 1. The summed E-state index contributed by atoms with van der Waals surface area (Å²) >= 11 is 6.05. The molecular formula is C26H17ClN2O2. The van der Waals surface area contributed by atoms with Crippen molar-refractivity contribution in [1.29, 1.82) is 0 Å². The molecule has 1 amide bonds. The lowest BCUT2D eigenvalue weighted by Crippen LogP contribution is -2.12. The summed E-state index contributed by atoms with van der Waals surface area (Å²) < 4.78 is 5.88. The van der Waals surface area contributed by atoms with Gasteiger partial charge in [-0.05, 0) is 53.6 Å². The molecule has 5 aromatic rings. The van der Waals surface area contributed by atoms with Crippen LogP contribution in [-0.4, -0.2) is 10.9 Å². The van der Waals surface area contributed by atoms with Crippen LogP contribution in [-0.2, 0) is 0 Å². The average Bonchev–Trinajstić information content (AvgIpc) is 3.23. The Morgan fingerprint density at radius 1 is 0.806 bits per heavy atom. The molecule has 0 aliphatic rings. The summed E-state index contributed by atoms with van der Waals surface area (Å²) in [6.45, 7) is 0. The van der Waals surface area contributed by atoms with E-state index >= 15 is 0 Å². The van der Waals surface area contributed by atoms with Crippen molar-refractivity contribution >= 4 is 34.3 Å². The Bertz CT molecular complexity index is 1380. The van der Waals surface area contributed by atoms with Crippen LogP contribution in [0.4, 0.5) is 5.69 Å². The summed E-state index contributed by atoms with van der Waals surface area (Å²) in [5, 5.41) is 3.57. The largest absolute Gasteiger partial charge is 0.436 e. The number of nitrogens with one attached hydrogen (secondary N) is 1. The minimum absolute atomic E-state index is 0.203. The van der Waals surface area contributed by atoms with Crippen LogP contribution in [0.2, 0.25) is 5.02 Å². The number of hydrogen-bond acceptors (Lipinski definition) is 3. The van der Waals surface area contributed by atoms with E-state index in [4.69, 9.17) is 16.0 Å². The maximum absolute atomic E-state index is 12.9. The van der Waals surface area contributed by atoms with Crippen LogP contribution in [0.3, 0.4) is 0 Å². The van der Waals surface area contributed by atoms with Crippen LogP contribution in [0, 0.1) is 0 Å². The van der Waals surface area contributed by atoms with Crippen molar-refractivity contribution in [3.63, 3.8) is 0 Å². The van der Waals surface area contributed by atoms with E-state index in [1.807, 2.05) is 78.9 Å². The molecule has 0 spiro atoms. The summed E-state index contributed by atoms with van der Waals surface area (Å²) in [6, 6.07) is 30.3. The van der Waals surface area contributed by atoms with Crippen molar-refractivity contribution in [2.45, 2.75) is 0 Å². The maximum Gasteiger partial charge on any atom is 0.255 e. The average molecular weight is 425 g/mol. The van der Waals surface area contributed by atoms with E-state index in [0.29, 0.717) is 38.8 Å². The molecule has 150 valence electrons. The molecule has 1 aromatic heterocycles. The van der Waals surface area contributed by atoms with Gasteiger partial charge in [0.1, 0.15) is 5.52 Å². The molecular weight excluding hydrogens is 408 g/mol. The molecule has 0 unspecified atom stereocenters. The molecule has 4 nitrogen and oxygen atoms in total. The number of oxazole rings is 1. The third-order valence-electron chi connectivity index (χ3n) is 5.01. The van der Waals surface area contributed by atoms with E-state index < -0.39 is 0 Å². The summed E-state index contributed by atoms with van der Waals surface area (Å²) in [5.74, 6) is 0.221. The Kier molecular flexibility index (Phi) is 4.98. The lowest BCUT2D eigenvalue weighted by Gasteiger charge is -2.09. The fraction of sp³-hybridized carbons (Fsp3) is 0. The number of para-hydroxylation sites is 1. The molecule has 4 aromatic carbocycles. The molecule has 0 fully saturated rings. The SMILES string of the molecule is O=C(Nc1ccccc1-c1nc2cc(Cl)ccc2o1)c1ccc(-c2ccccc2)cc1. The second-order valence-corrected chi connectivity index (χ2v) is 7.51. The monoisotopic (exact) mass is 424 g/mol. The highest BCUT2D eigenvalue weighted by Crippen LogP contribution is 2.31. The summed E-state index contributed by atoms with van der Waals surface area (Å²) in [4.78, 5) is 17.4. The van der Waals surface area contributed by atoms with Gasteiger partial charge in [-0.25, -0.2) is 4.98 Å². The smallest absolute Gasteiger partial charge is 0.255 e. The van der Waals surface area contributed by atoms with Crippen LogP contribution in [0.1, 0.15) is 10.4 Å². The van der Waals surface area contributed by atoms with Gasteiger partial charge in [0.05, 0.1) is 11.3 Å². The standard InChI is InChI=1S/C26H17ClN2O2/c27-20-14-15-24-23(16-20)29-26(31-24)21-8-4-5-9-22(21)28-25(30)19-12-10-18(11-13-19)17-6-2-1-3-7-17/h1-16H,(H,28,30). The molecule has 1 N–H and O–H groups in total. The van der Waals surface area contributed by atoms with Crippen LogP contribution in [0.25, 0.3) is 33.7 Å². The number of hydrogen-bond donors (Lipinski definition) is 1. The predicted molar refractivity (Wildman–Crippen MR) is 124 cm³/mol. The van der Waals surface area contributed by atoms with Gasteiger partial charge in [0, 0.05) is 10.6 Å². The molecule has 0 aliphatic carbocycles. The van der Waals surface area contributed by atoms with Crippen LogP contribution in [0.5, 0.6) is 0 Å². The third kappa shape index (κ3) is 3.93. The van der Waals surface area contributed by atoms with Gasteiger partial charge in [-0.15, -0.1) is 0 Å². The lowest BCUT2D eigenvalue weighted by atomic mass is 10.0. The van der Waals surface area contributed by atoms with Gasteiger partial charge >= 0.3 is 0 Å². The minimum Gasteiger partial charge on any atom is -0.436 e. The Hall–Kier alpha value is -3.89. The number of nitrogens with zero attached hydrogens (tertiary/aromatic N) is 1. The number of fused-ring (bicyclic) bond motifs is 1. The highest BCUT2D eigenvalue weighted by atomic mass is 35.5. The summed E-state index contributed by atoms with van der Waals surface area (Å²) in [6.07, 6.45) is 0. The van der Waals surface area contributed by atoms with E-state index in [1.165, 1.54) is 0 Å². The first kappa shape index (κ1) is 19.1. The number of anilines is 1. The number of aromatic nitrogens is 1. The topological polar surface area (TPSA) is 55.1 Å². The quantitative estimate of drug-likeness (QED) is 0.335. The fourth-order valence-electron chi connectivity index (χ4n) is 3.43. The van der Waals surface area contributed by atoms with E-state index in [1.54, 1.807) is 18.2 Å². The van der Waals surface area contributed by atoms with Gasteiger partial charge in [0.15, 0.2) is 5.58 Å². The van der Waals surface area contributed by atoms with Crippen molar-refractivity contribution in [3.05, 3.63) is 108 Å². The molecule has 0 radical (unpaired) electrons. The summed E-state index contributed by atoms with van der Waals surface area (Å²) in [7, 11) is 0. The minimum atomic E-state index is -0.203. The number of rotatable bonds is 4. The Balaban J connectivity index is 1.42. The van der Waals surface area contributed by atoms with Crippen LogP contribution >= 0.6 is 11.6 Å². The Morgan fingerprint density at radius 3 is 2.32 bits per heavy atom. The van der Waals surface area contributed by atoms with Gasteiger partial charge in [-0.1, -0.05) is 66.2 Å². The fourth-order valence-corrected chi connectivity index (χ4v) is 3.60. The van der Waals surface area contributed by atoms with E-state index in [-0.39, 0.29) is 5.91 Å². The van der Waals surface area contributed by atoms with E-state index in [2.05, 4.69) is 10.3 Å². The zero-order valence-electron chi connectivity index (χ0n) is 16.4. The highest BCUT2D eigenvalue weighted by molar-refractivity contribution is 6.31. The molecule has 1 heterocycles. The maximum atomic E-state index is 12.9. The molecule has 0 aliphatic heterocycles.